The van der Waals surface area contributed by atoms with E-state index in [1.807, 2.05) is 0 Å². The predicted octanol–water partition coefficient (Wildman–Crippen LogP) is 2.06. The van der Waals surface area contributed by atoms with Gasteiger partial charge in [-0.1, -0.05) is 12.3 Å². The van der Waals surface area contributed by atoms with Gasteiger partial charge in [-0.3, -0.25) is 9.89 Å². The second-order valence-electron chi connectivity index (χ2n) is 5.21. The van der Waals surface area contributed by atoms with Crippen LogP contribution in [0.15, 0.2) is 4.99 Å². The maximum absolute atomic E-state index is 5.26. The summed E-state index contributed by atoms with van der Waals surface area (Å²) in [6, 6.07) is 1.16. The number of likely N-dealkylation sites (tertiary alicyclic amines) is 1. The lowest BCUT2D eigenvalue weighted by Gasteiger charge is -2.37. The van der Waals surface area contributed by atoms with Crippen LogP contribution in [0.5, 0.6) is 0 Å². The van der Waals surface area contributed by atoms with Crippen molar-refractivity contribution in [1.82, 2.24) is 15.5 Å². The van der Waals surface area contributed by atoms with Gasteiger partial charge in [-0.05, 0) is 40.2 Å². The van der Waals surface area contributed by atoms with Gasteiger partial charge in [0.1, 0.15) is 0 Å². The minimum Gasteiger partial charge on any atom is -0.357 e. The Morgan fingerprint density at radius 2 is 2.20 bits per heavy atom. The van der Waals surface area contributed by atoms with E-state index in [0.717, 1.165) is 19.0 Å². The third kappa shape index (κ3) is 6.80. The highest BCUT2D eigenvalue weighted by atomic mass is 127. The van der Waals surface area contributed by atoms with Crippen LogP contribution in [0.3, 0.4) is 0 Å². The quantitative estimate of drug-likeness (QED) is 0.326. The Labute approximate surface area is 141 Å². The number of halogens is 1. The SMILES string of the molecule is C#CCNC(=NCC(C)N1CCCCC1C)NCC.I. The Morgan fingerprint density at radius 1 is 1.45 bits per heavy atom. The number of aliphatic imine (C=N–C) groups is 1. The molecule has 5 heteroatoms. The Kier molecular flexibility index (Phi) is 10.9. The number of hydrogen-bond donors (Lipinski definition) is 2. The predicted molar refractivity (Wildman–Crippen MR) is 97.7 cm³/mol. The maximum atomic E-state index is 5.26. The largest absolute Gasteiger partial charge is 0.357 e. The lowest BCUT2D eigenvalue weighted by atomic mass is 10.0. The summed E-state index contributed by atoms with van der Waals surface area (Å²) in [6.45, 7) is 10.0. The average Bonchev–Trinajstić information content (AvgIpc) is 2.42. The molecule has 4 nitrogen and oxygen atoms in total. The van der Waals surface area contributed by atoms with Gasteiger partial charge in [-0.15, -0.1) is 30.4 Å². The standard InChI is InChI=1S/C15H28N4.HI/c1-5-10-17-15(16-6-2)18-12-14(4)19-11-8-7-9-13(19)3;/h1,13-14H,6-12H2,2-4H3,(H2,16,17,18);1H. The lowest BCUT2D eigenvalue weighted by molar-refractivity contribution is 0.118. The van der Waals surface area contributed by atoms with Crippen LogP contribution in [0.25, 0.3) is 0 Å². The first-order valence-electron chi connectivity index (χ1n) is 7.40. The van der Waals surface area contributed by atoms with Gasteiger partial charge < -0.3 is 10.6 Å². The molecule has 2 unspecified atom stereocenters. The van der Waals surface area contributed by atoms with E-state index in [1.165, 1.54) is 25.8 Å². The van der Waals surface area contributed by atoms with Crippen molar-refractivity contribution in [2.75, 3.05) is 26.2 Å². The van der Waals surface area contributed by atoms with E-state index in [9.17, 15) is 0 Å². The second kappa shape index (κ2) is 11.2. The van der Waals surface area contributed by atoms with Crippen molar-refractivity contribution in [3.8, 4) is 12.3 Å². The summed E-state index contributed by atoms with van der Waals surface area (Å²) >= 11 is 0. The van der Waals surface area contributed by atoms with Gasteiger partial charge in [0.25, 0.3) is 0 Å². The molecule has 0 aromatic rings. The monoisotopic (exact) mass is 392 g/mol. The van der Waals surface area contributed by atoms with E-state index in [4.69, 9.17) is 6.42 Å². The molecule has 0 aromatic heterocycles. The normalized spacial score (nSPS) is 21.5. The Bertz CT molecular complexity index is 324. The van der Waals surface area contributed by atoms with Gasteiger partial charge in [0.05, 0.1) is 13.1 Å². The molecule has 0 amide bonds. The maximum Gasteiger partial charge on any atom is 0.192 e. The van der Waals surface area contributed by atoms with Crippen molar-refractivity contribution >= 4 is 29.9 Å². The highest BCUT2D eigenvalue weighted by Crippen LogP contribution is 2.18. The molecule has 0 radical (unpaired) electrons. The van der Waals surface area contributed by atoms with Crippen molar-refractivity contribution in [1.29, 1.82) is 0 Å². The van der Waals surface area contributed by atoms with E-state index in [0.29, 0.717) is 18.6 Å². The van der Waals surface area contributed by atoms with E-state index >= 15 is 0 Å². The van der Waals surface area contributed by atoms with Crippen molar-refractivity contribution in [2.45, 2.75) is 52.1 Å². The van der Waals surface area contributed by atoms with Crippen molar-refractivity contribution in [3.63, 3.8) is 0 Å². The van der Waals surface area contributed by atoms with Gasteiger partial charge >= 0.3 is 0 Å². The van der Waals surface area contributed by atoms with Gasteiger partial charge in [0.15, 0.2) is 5.96 Å². The fourth-order valence-corrected chi connectivity index (χ4v) is 2.58. The third-order valence-corrected chi connectivity index (χ3v) is 3.64. The molecule has 20 heavy (non-hydrogen) atoms. The summed E-state index contributed by atoms with van der Waals surface area (Å²) in [5, 5.41) is 6.34. The summed E-state index contributed by atoms with van der Waals surface area (Å²) in [4.78, 5) is 7.18. The van der Waals surface area contributed by atoms with E-state index in [2.05, 4.69) is 47.2 Å². The fourth-order valence-electron chi connectivity index (χ4n) is 2.58. The number of terminal acetylenes is 1. The molecule has 1 heterocycles. The van der Waals surface area contributed by atoms with Crippen LogP contribution in [-0.2, 0) is 0 Å². The molecule has 0 spiro atoms. The first-order chi connectivity index (χ1) is 9.19. The number of piperidine rings is 1. The van der Waals surface area contributed by atoms with Crippen LogP contribution in [-0.4, -0.2) is 49.1 Å². The molecular formula is C15H29IN4. The first-order valence-corrected chi connectivity index (χ1v) is 7.40. The molecule has 0 aromatic carbocycles. The van der Waals surface area contributed by atoms with E-state index in [-0.39, 0.29) is 24.0 Å². The van der Waals surface area contributed by atoms with Gasteiger partial charge in [-0.25, -0.2) is 0 Å². The summed E-state index contributed by atoms with van der Waals surface area (Å²) in [5.41, 5.74) is 0. The molecule has 0 aliphatic carbocycles. The Morgan fingerprint density at radius 3 is 2.80 bits per heavy atom. The topological polar surface area (TPSA) is 39.7 Å². The number of hydrogen-bond acceptors (Lipinski definition) is 2. The Hall–Kier alpha value is -0.480. The minimum atomic E-state index is 0. The molecule has 2 atom stereocenters. The van der Waals surface area contributed by atoms with Crippen molar-refractivity contribution in [3.05, 3.63) is 0 Å². The molecular weight excluding hydrogens is 363 g/mol. The van der Waals surface area contributed by atoms with Gasteiger partial charge in [-0.2, -0.15) is 0 Å². The zero-order valence-electron chi connectivity index (χ0n) is 13.0. The van der Waals surface area contributed by atoms with Crippen LogP contribution in [0.1, 0.15) is 40.0 Å². The van der Waals surface area contributed by atoms with Crippen molar-refractivity contribution < 1.29 is 0 Å². The minimum absolute atomic E-state index is 0. The average molecular weight is 392 g/mol. The second-order valence-corrected chi connectivity index (χ2v) is 5.21. The first kappa shape index (κ1) is 19.5. The molecule has 0 saturated carbocycles. The third-order valence-electron chi connectivity index (χ3n) is 3.64. The van der Waals surface area contributed by atoms with E-state index < -0.39 is 0 Å². The fraction of sp³-hybridized carbons (Fsp3) is 0.800. The molecule has 2 N–H and O–H groups in total. The molecule has 1 aliphatic heterocycles. The highest BCUT2D eigenvalue weighted by Gasteiger charge is 2.22. The summed E-state index contributed by atoms with van der Waals surface area (Å²) in [5.74, 6) is 3.39. The van der Waals surface area contributed by atoms with Crippen LogP contribution in [0.2, 0.25) is 0 Å². The zero-order chi connectivity index (χ0) is 14.1. The molecule has 1 rings (SSSR count). The lowest BCUT2D eigenvalue weighted by Crippen LogP contribution is -2.45. The van der Waals surface area contributed by atoms with Crippen LogP contribution in [0.4, 0.5) is 0 Å². The molecule has 0 bridgehead atoms. The highest BCUT2D eigenvalue weighted by molar-refractivity contribution is 14.0. The summed E-state index contributed by atoms with van der Waals surface area (Å²) in [6.07, 6.45) is 9.24. The zero-order valence-corrected chi connectivity index (χ0v) is 15.3. The van der Waals surface area contributed by atoms with Crippen molar-refractivity contribution in [2.24, 2.45) is 4.99 Å². The molecule has 116 valence electrons. The van der Waals surface area contributed by atoms with Crippen LogP contribution in [0, 0.1) is 12.3 Å². The number of guanidine groups is 1. The van der Waals surface area contributed by atoms with Gasteiger partial charge in [0.2, 0.25) is 0 Å². The number of nitrogens with one attached hydrogen (secondary N) is 2. The molecule has 1 saturated heterocycles. The smallest absolute Gasteiger partial charge is 0.192 e. The summed E-state index contributed by atoms with van der Waals surface area (Å²) in [7, 11) is 0. The Balaban J connectivity index is 0.00000361. The summed E-state index contributed by atoms with van der Waals surface area (Å²) < 4.78 is 0. The van der Waals surface area contributed by atoms with Gasteiger partial charge in [0, 0.05) is 18.6 Å². The number of rotatable bonds is 5. The molecule has 1 fully saturated rings. The number of nitrogens with zero attached hydrogens (tertiary/aromatic N) is 2. The van der Waals surface area contributed by atoms with Crippen LogP contribution >= 0.6 is 24.0 Å². The van der Waals surface area contributed by atoms with E-state index in [1.54, 1.807) is 0 Å². The van der Waals surface area contributed by atoms with Crippen LogP contribution < -0.4 is 10.6 Å². The molecule has 1 aliphatic rings.